The van der Waals surface area contributed by atoms with Gasteiger partial charge in [-0.05, 0) is 24.3 Å². The van der Waals surface area contributed by atoms with E-state index in [0.717, 1.165) is 0 Å². The molecule has 8 nitrogen and oxygen atoms in total. The van der Waals surface area contributed by atoms with Crippen molar-refractivity contribution in [2.45, 2.75) is 4.90 Å². The fraction of sp³-hybridized carbons (Fsp3) is 0.267. The molecule has 24 heavy (non-hydrogen) atoms. The summed E-state index contributed by atoms with van der Waals surface area (Å²) in [6, 6.07) is 6.05. The van der Waals surface area contributed by atoms with E-state index in [-0.39, 0.29) is 10.8 Å². The summed E-state index contributed by atoms with van der Waals surface area (Å²) in [5, 5.41) is 2.67. The van der Waals surface area contributed by atoms with Crippen LogP contribution in [0.4, 0.5) is 5.69 Å². The summed E-state index contributed by atoms with van der Waals surface area (Å²) in [6.07, 6.45) is 4.14. The lowest BCUT2D eigenvalue weighted by molar-refractivity contribution is 0.0730. The van der Waals surface area contributed by atoms with Crippen LogP contribution in [-0.4, -0.2) is 54.9 Å². The van der Waals surface area contributed by atoms with Gasteiger partial charge in [-0.3, -0.25) is 4.79 Å². The normalized spacial score (nSPS) is 15.8. The minimum atomic E-state index is -3.54. The van der Waals surface area contributed by atoms with Crippen LogP contribution in [0, 0.1) is 0 Å². The Hall–Kier alpha value is -2.36. The topological polar surface area (TPSA) is 101 Å². The van der Waals surface area contributed by atoms with E-state index in [9.17, 15) is 13.2 Å². The molecule has 1 saturated heterocycles. The zero-order chi connectivity index (χ0) is 17.0. The SMILES string of the molecule is O=C(Nc1ccc(S(=O)(=O)N2CCOCC2)cc1)c1cncnc1. The lowest BCUT2D eigenvalue weighted by Gasteiger charge is -2.26. The van der Waals surface area contributed by atoms with Crippen molar-refractivity contribution in [2.75, 3.05) is 31.6 Å². The number of amides is 1. The van der Waals surface area contributed by atoms with Crippen LogP contribution in [0.25, 0.3) is 0 Å². The Kier molecular flexibility index (Phi) is 4.84. The first kappa shape index (κ1) is 16.5. The molecule has 1 aliphatic heterocycles. The van der Waals surface area contributed by atoms with E-state index in [1.165, 1.54) is 35.2 Å². The smallest absolute Gasteiger partial charge is 0.258 e. The van der Waals surface area contributed by atoms with Gasteiger partial charge in [-0.25, -0.2) is 18.4 Å². The third-order valence-corrected chi connectivity index (χ3v) is 5.46. The van der Waals surface area contributed by atoms with E-state index < -0.39 is 10.0 Å². The summed E-state index contributed by atoms with van der Waals surface area (Å²) < 4.78 is 31.6. The minimum Gasteiger partial charge on any atom is -0.379 e. The number of sulfonamides is 1. The lowest BCUT2D eigenvalue weighted by atomic mass is 10.3. The second-order valence-electron chi connectivity index (χ2n) is 5.12. The number of nitrogens with zero attached hydrogens (tertiary/aromatic N) is 3. The first-order valence-corrected chi connectivity index (χ1v) is 8.76. The molecule has 0 spiro atoms. The van der Waals surface area contributed by atoms with E-state index in [2.05, 4.69) is 15.3 Å². The first-order chi connectivity index (χ1) is 11.6. The predicted octanol–water partition coefficient (Wildman–Crippen LogP) is 0.750. The summed E-state index contributed by atoms with van der Waals surface area (Å²) >= 11 is 0. The van der Waals surface area contributed by atoms with Gasteiger partial charge in [0.1, 0.15) is 6.33 Å². The highest BCUT2D eigenvalue weighted by Crippen LogP contribution is 2.19. The summed E-state index contributed by atoms with van der Waals surface area (Å²) in [6.45, 7) is 1.47. The molecule has 0 unspecified atom stereocenters. The number of hydrogen-bond donors (Lipinski definition) is 1. The molecule has 126 valence electrons. The standard InChI is InChI=1S/C15H16N4O4S/c20-15(12-9-16-11-17-10-12)18-13-1-3-14(4-2-13)24(21,22)19-5-7-23-8-6-19/h1-4,9-11H,5-8H2,(H,18,20). The van der Waals surface area contributed by atoms with Gasteiger partial charge in [0.2, 0.25) is 10.0 Å². The Morgan fingerprint density at radius 2 is 1.71 bits per heavy atom. The van der Waals surface area contributed by atoms with Gasteiger partial charge in [0.05, 0.1) is 23.7 Å². The largest absolute Gasteiger partial charge is 0.379 e. The van der Waals surface area contributed by atoms with Gasteiger partial charge in [0.15, 0.2) is 0 Å². The molecule has 1 aliphatic rings. The molecule has 0 atom stereocenters. The number of ether oxygens (including phenoxy) is 1. The van der Waals surface area contributed by atoms with Gasteiger partial charge in [0.25, 0.3) is 5.91 Å². The summed E-state index contributed by atoms with van der Waals surface area (Å²) in [5.41, 5.74) is 0.812. The molecule has 0 saturated carbocycles. The Balaban J connectivity index is 1.72. The Labute approximate surface area is 139 Å². The maximum absolute atomic E-state index is 12.5. The zero-order valence-electron chi connectivity index (χ0n) is 12.8. The Morgan fingerprint density at radius 1 is 1.08 bits per heavy atom. The van der Waals surface area contributed by atoms with Crippen LogP contribution in [0.5, 0.6) is 0 Å². The molecular formula is C15H16N4O4S. The number of anilines is 1. The van der Waals surface area contributed by atoms with Crippen LogP contribution in [0.3, 0.4) is 0 Å². The zero-order valence-corrected chi connectivity index (χ0v) is 13.6. The molecule has 2 heterocycles. The Morgan fingerprint density at radius 3 is 2.33 bits per heavy atom. The van der Waals surface area contributed by atoms with Crippen LogP contribution in [0.2, 0.25) is 0 Å². The molecule has 1 aromatic heterocycles. The van der Waals surface area contributed by atoms with Crippen molar-refractivity contribution in [1.82, 2.24) is 14.3 Å². The van der Waals surface area contributed by atoms with Gasteiger partial charge in [-0.1, -0.05) is 0 Å². The monoisotopic (exact) mass is 348 g/mol. The third kappa shape index (κ3) is 3.58. The van der Waals surface area contributed by atoms with Crippen molar-refractivity contribution < 1.29 is 17.9 Å². The molecule has 0 aliphatic carbocycles. The highest BCUT2D eigenvalue weighted by atomic mass is 32.2. The summed E-state index contributed by atoms with van der Waals surface area (Å²) in [7, 11) is -3.54. The fourth-order valence-electron chi connectivity index (χ4n) is 2.27. The number of rotatable bonds is 4. The lowest BCUT2D eigenvalue weighted by Crippen LogP contribution is -2.40. The molecule has 0 bridgehead atoms. The third-order valence-electron chi connectivity index (χ3n) is 3.54. The van der Waals surface area contributed by atoms with Crippen molar-refractivity contribution in [3.05, 3.63) is 48.5 Å². The second-order valence-corrected chi connectivity index (χ2v) is 7.06. The van der Waals surface area contributed by atoms with Crippen molar-refractivity contribution in [2.24, 2.45) is 0 Å². The number of benzene rings is 1. The summed E-state index contributed by atoms with van der Waals surface area (Å²) in [4.78, 5) is 19.8. The second kappa shape index (κ2) is 7.04. The average Bonchev–Trinajstić information content (AvgIpc) is 2.63. The molecule has 2 aromatic rings. The maximum atomic E-state index is 12.5. The first-order valence-electron chi connectivity index (χ1n) is 7.32. The predicted molar refractivity (Wildman–Crippen MR) is 86.0 cm³/mol. The van der Waals surface area contributed by atoms with E-state index in [4.69, 9.17) is 4.74 Å². The van der Waals surface area contributed by atoms with E-state index in [1.54, 1.807) is 12.1 Å². The molecule has 3 rings (SSSR count). The van der Waals surface area contributed by atoms with Crippen molar-refractivity contribution in [3.8, 4) is 0 Å². The molecular weight excluding hydrogens is 332 g/mol. The number of carbonyl (C=O) groups excluding carboxylic acids is 1. The van der Waals surface area contributed by atoms with Gasteiger partial charge in [-0.15, -0.1) is 0 Å². The highest BCUT2D eigenvalue weighted by Gasteiger charge is 2.26. The van der Waals surface area contributed by atoms with E-state index in [1.807, 2.05) is 0 Å². The molecule has 1 fully saturated rings. The van der Waals surface area contributed by atoms with Crippen LogP contribution in [-0.2, 0) is 14.8 Å². The fourth-order valence-corrected chi connectivity index (χ4v) is 3.67. The van der Waals surface area contributed by atoms with E-state index in [0.29, 0.717) is 37.6 Å². The molecule has 1 amide bonds. The van der Waals surface area contributed by atoms with Crippen molar-refractivity contribution in [3.63, 3.8) is 0 Å². The van der Waals surface area contributed by atoms with Gasteiger partial charge < -0.3 is 10.1 Å². The molecule has 1 N–H and O–H groups in total. The maximum Gasteiger partial charge on any atom is 0.258 e. The van der Waals surface area contributed by atoms with Gasteiger partial charge >= 0.3 is 0 Å². The average molecular weight is 348 g/mol. The van der Waals surface area contributed by atoms with Crippen LogP contribution in [0.1, 0.15) is 10.4 Å². The minimum absolute atomic E-state index is 0.186. The van der Waals surface area contributed by atoms with Crippen molar-refractivity contribution in [1.29, 1.82) is 0 Å². The van der Waals surface area contributed by atoms with Crippen LogP contribution >= 0.6 is 0 Å². The number of aromatic nitrogens is 2. The number of hydrogen-bond acceptors (Lipinski definition) is 6. The number of carbonyl (C=O) groups is 1. The van der Waals surface area contributed by atoms with Gasteiger partial charge in [0, 0.05) is 31.2 Å². The van der Waals surface area contributed by atoms with Crippen LogP contribution < -0.4 is 5.32 Å². The molecule has 0 radical (unpaired) electrons. The molecule has 1 aromatic carbocycles. The summed E-state index contributed by atoms with van der Waals surface area (Å²) in [5.74, 6) is -0.362. The van der Waals surface area contributed by atoms with E-state index >= 15 is 0 Å². The van der Waals surface area contributed by atoms with Gasteiger partial charge in [-0.2, -0.15) is 4.31 Å². The number of nitrogens with one attached hydrogen (secondary N) is 1. The van der Waals surface area contributed by atoms with Crippen molar-refractivity contribution >= 4 is 21.6 Å². The van der Waals surface area contributed by atoms with Crippen LogP contribution in [0.15, 0.2) is 47.9 Å². The quantitative estimate of drug-likeness (QED) is 0.875. The molecule has 9 heteroatoms. The Bertz CT molecular complexity index is 803. The highest BCUT2D eigenvalue weighted by molar-refractivity contribution is 7.89. The number of morpholine rings is 1.